The van der Waals surface area contributed by atoms with Crippen LogP contribution >= 0.6 is 15.9 Å². The van der Waals surface area contributed by atoms with Crippen molar-refractivity contribution in [1.82, 2.24) is 0 Å². The van der Waals surface area contributed by atoms with Crippen LogP contribution in [0, 0.1) is 0 Å². The summed E-state index contributed by atoms with van der Waals surface area (Å²) < 4.78 is 24.2. The predicted octanol–water partition coefficient (Wildman–Crippen LogP) is 6.11. The Labute approximate surface area is 179 Å². The molecular formula is C24H23BrO4. The van der Waals surface area contributed by atoms with E-state index < -0.39 is 0 Å². The van der Waals surface area contributed by atoms with Crippen molar-refractivity contribution in [3.05, 3.63) is 81.8 Å². The Balaban J connectivity index is 1.55. The highest BCUT2D eigenvalue weighted by atomic mass is 79.9. The van der Waals surface area contributed by atoms with E-state index in [2.05, 4.69) is 22.0 Å². The maximum atomic E-state index is 6.31. The quantitative estimate of drug-likeness (QED) is 0.449. The summed E-state index contributed by atoms with van der Waals surface area (Å²) in [6.07, 6.45) is 1.80. The van der Waals surface area contributed by atoms with Crippen molar-refractivity contribution in [2.45, 2.75) is 25.6 Å². The Hall–Kier alpha value is -2.66. The fourth-order valence-corrected chi connectivity index (χ4v) is 4.07. The molecule has 0 aliphatic carbocycles. The molecule has 0 N–H and O–H groups in total. The van der Waals surface area contributed by atoms with E-state index in [-0.39, 0.29) is 6.10 Å². The number of hydrogen-bond donors (Lipinski definition) is 0. The molecule has 3 aromatic carbocycles. The summed E-state index contributed by atoms with van der Waals surface area (Å²) in [5.41, 5.74) is 3.37. The number of halogens is 1. The maximum Gasteiger partial charge on any atom is 0.162 e. The minimum atomic E-state index is -0.0432. The van der Waals surface area contributed by atoms with Gasteiger partial charge in [0.05, 0.1) is 18.7 Å². The zero-order chi connectivity index (χ0) is 20.2. The fourth-order valence-electron chi connectivity index (χ4n) is 3.51. The minimum Gasteiger partial charge on any atom is -0.495 e. The van der Waals surface area contributed by atoms with E-state index in [1.165, 1.54) is 5.56 Å². The van der Waals surface area contributed by atoms with Crippen molar-refractivity contribution >= 4 is 15.9 Å². The van der Waals surface area contributed by atoms with Crippen LogP contribution in [0.4, 0.5) is 0 Å². The molecule has 0 bridgehead atoms. The van der Waals surface area contributed by atoms with Gasteiger partial charge in [-0.1, -0.05) is 36.4 Å². The molecule has 1 unspecified atom stereocenters. The highest BCUT2D eigenvalue weighted by molar-refractivity contribution is 9.10. The van der Waals surface area contributed by atoms with Gasteiger partial charge in [0.1, 0.15) is 24.2 Å². The Kier molecular flexibility index (Phi) is 5.95. The number of hydrogen-bond acceptors (Lipinski definition) is 4. The lowest BCUT2D eigenvalue weighted by molar-refractivity contribution is 0.175. The maximum absolute atomic E-state index is 6.31. The third-order valence-corrected chi connectivity index (χ3v) is 5.70. The first-order chi connectivity index (χ1) is 14.2. The van der Waals surface area contributed by atoms with Crippen molar-refractivity contribution in [2.24, 2.45) is 0 Å². The number of fused-ring (bicyclic) bond motifs is 1. The molecule has 1 heterocycles. The van der Waals surface area contributed by atoms with E-state index in [9.17, 15) is 0 Å². The van der Waals surface area contributed by atoms with Crippen LogP contribution in [0.2, 0.25) is 0 Å². The van der Waals surface area contributed by atoms with Crippen molar-refractivity contribution in [2.75, 3.05) is 14.2 Å². The molecule has 0 saturated carbocycles. The Morgan fingerprint density at radius 2 is 1.72 bits per heavy atom. The molecule has 0 fully saturated rings. The molecule has 150 valence electrons. The summed E-state index contributed by atoms with van der Waals surface area (Å²) in [7, 11) is 3.31. The van der Waals surface area contributed by atoms with Gasteiger partial charge in [-0.25, -0.2) is 0 Å². The second kappa shape index (κ2) is 8.78. The summed E-state index contributed by atoms with van der Waals surface area (Å²) in [6, 6.07) is 20.1. The van der Waals surface area contributed by atoms with Gasteiger partial charge in [0, 0.05) is 6.07 Å². The van der Waals surface area contributed by atoms with E-state index in [1.807, 2.05) is 54.6 Å². The van der Waals surface area contributed by atoms with Crippen molar-refractivity contribution < 1.29 is 18.9 Å². The summed E-state index contributed by atoms with van der Waals surface area (Å²) in [4.78, 5) is 0. The topological polar surface area (TPSA) is 36.9 Å². The van der Waals surface area contributed by atoms with E-state index in [4.69, 9.17) is 18.9 Å². The van der Waals surface area contributed by atoms with E-state index >= 15 is 0 Å². The van der Waals surface area contributed by atoms with Gasteiger partial charge in [0.2, 0.25) is 0 Å². The van der Waals surface area contributed by atoms with Crippen LogP contribution in [0.15, 0.2) is 65.1 Å². The van der Waals surface area contributed by atoms with Gasteiger partial charge in [-0.05, 0) is 63.7 Å². The third-order valence-electron chi connectivity index (χ3n) is 5.08. The lowest BCUT2D eigenvalue weighted by Crippen LogP contribution is -2.15. The molecule has 3 aromatic rings. The molecule has 5 heteroatoms. The standard InChI is InChI=1S/C24H23BrO4/c1-26-21-11-9-18(13-24(21)28-15-16-6-4-3-5-7-16)20-10-8-17-12-19(25)23(27-2)14-22(17)29-20/h3-7,9,11-14,20H,8,10,15H2,1-2H3. The Bertz CT molecular complexity index is 988. The van der Waals surface area contributed by atoms with E-state index in [0.717, 1.165) is 45.7 Å². The van der Waals surface area contributed by atoms with E-state index in [1.54, 1.807) is 14.2 Å². The summed E-state index contributed by atoms with van der Waals surface area (Å²) in [6.45, 7) is 0.486. The van der Waals surface area contributed by atoms with Crippen molar-refractivity contribution in [3.63, 3.8) is 0 Å². The van der Waals surface area contributed by atoms with Gasteiger partial charge in [-0.15, -0.1) is 0 Å². The fraction of sp³-hybridized carbons (Fsp3) is 0.250. The van der Waals surface area contributed by atoms with Crippen molar-refractivity contribution in [3.8, 4) is 23.0 Å². The summed E-state index contributed by atoms with van der Waals surface area (Å²) in [5.74, 6) is 3.07. The molecule has 0 amide bonds. The lowest BCUT2D eigenvalue weighted by Gasteiger charge is -2.27. The van der Waals surface area contributed by atoms with Crippen LogP contribution in [0.1, 0.15) is 29.2 Å². The number of aryl methyl sites for hydroxylation is 1. The van der Waals surface area contributed by atoms with Crippen LogP contribution in [0.5, 0.6) is 23.0 Å². The summed E-state index contributed by atoms with van der Waals surface area (Å²) in [5, 5.41) is 0. The molecule has 0 radical (unpaired) electrons. The van der Waals surface area contributed by atoms with Crippen LogP contribution in [-0.2, 0) is 13.0 Å². The first-order valence-corrected chi connectivity index (χ1v) is 10.3. The zero-order valence-corrected chi connectivity index (χ0v) is 18.1. The van der Waals surface area contributed by atoms with E-state index in [0.29, 0.717) is 12.4 Å². The highest BCUT2D eigenvalue weighted by Crippen LogP contribution is 2.41. The predicted molar refractivity (Wildman–Crippen MR) is 116 cm³/mol. The molecule has 4 rings (SSSR count). The zero-order valence-electron chi connectivity index (χ0n) is 16.5. The second-order valence-electron chi connectivity index (χ2n) is 6.92. The van der Waals surface area contributed by atoms with Crippen molar-refractivity contribution in [1.29, 1.82) is 0 Å². The van der Waals surface area contributed by atoms with Crippen LogP contribution < -0.4 is 18.9 Å². The SMILES string of the molecule is COc1cc2c(cc1Br)CCC(c1ccc(OC)c(OCc3ccccc3)c1)O2. The Morgan fingerprint density at radius 1 is 0.931 bits per heavy atom. The second-order valence-corrected chi connectivity index (χ2v) is 7.78. The van der Waals surface area contributed by atoms with Crippen LogP contribution in [0.3, 0.4) is 0 Å². The Morgan fingerprint density at radius 3 is 2.48 bits per heavy atom. The van der Waals surface area contributed by atoms with Gasteiger partial charge in [0.15, 0.2) is 11.5 Å². The smallest absolute Gasteiger partial charge is 0.162 e. The van der Waals surface area contributed by atoms with Gasteiger partial charge in [0.25, 0.3) is 0 Å². The molecule has 0 aromatic heterocycles. The average molecular weight is 455 g/mol. The van der Waals surface area contributed by atoms with Gasteiger partial charge in [-0.3, -0.25) is 0 Å². The molecule has 4 nitrogen and oxygen atoms in total. The number of methoxy groups -OCH3 is 2. The largest absolute Gasteiger partial charge is 0.495 e. The molecular weight excluding hydrogens is 432 g/mol. The average Bonchev–Trinajstić information content (AvgIpc) is 2.77. The van der Waals surface area contributed by atoms with Crippen LogP contribution in [-0.4, -0.2) is 14.2 Å². The number of rotatable bonds is 6. The van der Waals surface area contributed by atoms with Gasteiger partial charge >= 0.3 is 0 Å². The van der Waals surface area contributed by atoms with Gasteiger partial charge < -0.3 is 18.9 Å². The first-order valence-electron chi connectivity index (χ1n) is 9.55. The monoisotopic (exact) mass is 454 g/mol. The number of benzene rings is 3. The molecule has 29 heavy (non-hydrogen) atoms. The normalized spacial score (nSPS) is 15.2. The lowest BCUT2D eigenvalue weighted by atomic mass is 9.97. The highest BCUT2D eigenvalue weighted by Gasteiger charge is 2.24. The first kappa shape index (κ1) is 19.6. The number of ether oxygens (including phenoxy) is 4. The molecule has 0 saturated heterocycles. The molecule has 1 aliphatic heterocycles. The molecule has 1 aliphatic rings. The third kappa shape index (κ3) is 4.35. The van der Waals surface area contributed by atoms with Gasteiger partial charge in [-0.2, -0.15) is 0 Å². The van der Waals surface area contributed by atoms with Crippen LogP contribution in [0.25, 0.3) is 0 Å². The molecule has 1 atom stereocenters. The molecule has 0 spiro atoms. The summed E-state index contributed by atoms with van der Waals surface area (Å²) >= 11 is 3.55. The minimum absolute atomic E-state index is 0.0432.